The van der Waals surface area contributed by atoms with Crippen LogP contribution in [0.2, 0.25) is 0 Å². The van der Waals surface area contributed by atoms with E-state index in [0.717, 1.165) is 89.4 Å². The second kappa shape index (κ2) is 35.4. The van der Waals surface area contributed by atoms with E-state index in [0.29, 0.717) is 23.3 Å². The van der Waals surface area contributed by atoms with Gasteiger partial charge in [0.15, 0.2) is 23.3 Å². The van der Waals surface area contributed by atoms with Gasteiger partial charge in [0.1, 0.15) is 22.6 Å². The summed E-state index contributed by atoms with van der Waals surface area (Å²) in [4.78, 5) is 46.0. The molecule has 0 atom stereocenters. The van der Waals surface area contributed by atoms with Crippen molar-refractivity contribution >= 4 is 91.2 Å². The minimum Gasteiger partial charge on any atom is -0.324 e. The second-order valence-corrected chi connectivity index (χ2v) is 28.2. The first-order valence-electron chi connectivity index (χ1n) is 33.5. The van der Waals surface area contributed by atoms with Gasteiger partial charge in [-0.3, -0.25) is 0 Å². The van der Waals surface area contributed by atoms with Crippen molar-refractivity contribution < 1.29 is 0 Å². The third kappa shape index (κ3) is 17.9. The van der Waals surface area contributed by atoms with Crippen LogP contribution in [0.4, 0.5) is 0 Å². The summed E-state index contributed by atoms with van der Waals surface area (Å²) in [6.07, 6.45) is 41.7. The molecule has 2 aliphatic heterocycles. The van der Waals surface area contributed by atoms with Crippen molar-refractivity contribution in [2.24, 2.45) is 0 Å². The number of rotatable bonds is 40. The summed E-state index contributed by atoms with van der Waals surface area (Å²) in [5.41, 5.74) is 7.20. The predicted molar refractivity (Wildman–Crippen MR) is 369 cm³/mol. The van der Waals surface area contributed by atoms with E-state index >= 15 is 0 Å². The van der Waals surface area contributed by atoms with E-state index in [2.05, 4.69) is 110 Å². The Kier molecular flexibility index (Phi) is 27.1. The number of hydrogen-bond acceptors (Lipinski definition) is 10. The van der Waals surface area contributed by atoms with E-state index in [1.54, 1.807) is 0 Å². The number of hydrogen-bond donors (Lipinski definition) is 2. The summed E-state index contributed by atoms with van der Waals surface area (Å²) >= 11 is 7.77. The van der Waals surface area contributed by atoms with E-state index < -0.39 is 0 Å². The first-order chi connectivity index (χ1) is 41.6. The van der Waals surface area contributed by atoms with Crippen molar-refractivity contribution in [1.82, 2.24) is 39.9 Å². The van der Waals surface area contributed by atoms with Gasteiger partial charge in [0.2, 0.25) is 0 Å². The molecule has 0 spiro atoms. The summed E-state index contributed by atoms with van der Waals surface area (Å²) in [6, 6.07) is 26.7. The topological polar surface area (TPSA) is 109 Å². The maximum atomic E-state index is 5.62. The van der Waals surface area contributed by atoms with Crippen molar-refractivity contribution in [3.8, 4) is 45.6 Å². The first kappa shape index (κ1) is 64.1. The largest absolute Gasteiger partial charge is 0.324 e. The number of benzene rings is 4. The Morgan fingerprint density at radius 1 is 0.274 bits per heavy atom. The lowest BCUT2D eigenvalue weighted by atomic mass is 10.1. The molecule has 8 bridgehead atoms. The second-order valence-electron chi connectivity index (χ2n) is 23.6. The third-order valence-corrected chi connectivity index (χ3v) is 21.4. The van der Waals surface area contributed by atoms with Gasteiger partial charge in [0, 0.05) is 63.4 Å². The van der Waals surface area contributed by atoms with Gasteiger partial charge in [0.05, 0.1) is 0 Å². The van der Waals surface area contributed by atoms with E-state index in [4.69, 9.17) is 29.9 Å². The highest BCUT2D eigenvalue weighted by atomic mass is 32.2. The molecule has 5 heterocycles. The van der Waals surface area contributed by atoms with Crippen LogP contribution in [0, 0.1) is 0 Å². The van der Waals surface area contributed by atoms with Crippen molar-refractivity contribution in [3.63, 3.8) is 0 Å². The molecule has 0 unspecified atom stereocenters. The molecule has 8 nitrogen and oxygen atoms in total. The van der Waals surface area contributed by atoms with Crippen LogP contribution in [-0.4, -0.2) is 62.9 Å². The SMILES string of the molecule is CCCCCCCCCCSc1cccc2c1-c1nc-2nc2[nH]c(nc3nc(nc4[nH]c(n1)c1cccc(SCCCCCCCCCC)c41)-c1cccc(SCCCCCCCCCC)c1-3)c1cccc(SCCCCCCCCCC)c21. The number of fused-ring (bicyclic) bond motifs is 20. The number of nitrogens with one attached hydrogen (secondary N) is 2. The monoisotopic (exact) mass is 1200 g/mol. The molecule has 12 heteroatoms. The van der Waals surface area contributed by atoms with Crippen LogP contribution in [0.1, 0.15) is 233 Å². The molecule has 0 saturated carbocycles. The van der Waals surface area contributed by atoms with Crippen LogP contribution in [0.3, 0.4) is 0 Å². The summed E-state index contributed by atoms with van der Waals surface area (Å²) in [6.45, 7) is 9.19. The summed E-state index contributed by atoms with van der Waals surface area (Å²) < 4.78 is 0. The zero-order chi connectivity index (χ0) is 58.0. The fourth-order valence-electron chi connectivity index (χ4n) is 12.0. The molecule has 4 aromatic carbocycles. The Morgan fingerprint density at radius 3 is 0.881 bits per heavy atom. The number of nitrogens with zero attached hydrogens (tertiary/aromatic N) is 6. The summed E-state index contributed by atoms with van der Waals surface area (Å²) in [5.74, 6) is 6.91. The third-order valence-electron chi connectivity index (χ3n) is 16.8. The van der Waals surface area contributed by atoms with Crippen molar-refractivity contribution in [2.75, 3.05) is 23.0 Å². The Hall–Kier alpha value is -4.36. The molecule has 2 aliphatic rings. The molecule has 0 radical (unpaired) electrons. The molecule has 450 valence electrons. The first-order valence-corrected chi connectivity index (χ1v) is 37.4. The Balaban J connectivity index is 1.16. The smallest absolute Gasteiger partial charge is 0.165 e. The van der Waals surface area contributed by atoms with E-state index in [9.17, 15) is 0 Å². The zero-order valence-corrected chi connectivity index (χ0v) is 55.0. The molecule has 0 amide bonds. The lowest BCUT2D eigenvalue weighted by Gasteiger charge is -2.08. The van der Waals surface area contributed by atoms with Crippen molar-refractivity contribution in [2.45, 2.75) is 253 Å². The molecular weight excluding hydrogens is 1110 g/mol. The maximum Gasteiger partial charge on any atom is 0.165 e. The van der Waals surface area contributed by atoms with E-state index in [1.165, 1.54) is 225 Å². The number of unbranched alkanes of at least 4 members (excludes halogenated alkanes) is 28. The molecular formula is C72H98N8S4. The predicted octanol–water partition coefficient (Wildman–Crippen LogP) is 23.8. The van der Waals surface area contributed by atoms with Gasteiger partial charge in [-0.05, 0) is 73.0 Å². The quantitative estimate of drug-likeness (QED) is 0.0285. The Labute approximate surface area is 521 Å². The fraction of sp³-hybridized carbons (Fsp3) is 0.556. The minimum atomic E-state index is 0.671. The Morgan fingerprint density at radius 2 is 0.548 bits per heavy atom. The zero-order valence-electron chi connectivity index (χ0n) is 51.7. The molecule has 2 N–H and O–H groups in total. The van der Waals surface area contributed by atoms with Gasteiger partial charge < -0.3 is 9.97 Å². The summed E-state index contributed by atoms with van der Waals surface area (Å²) in [5, 5.41) is 4.25. The van der Waals surface area contributed by atoms with Crippen LogP contribution < -0.4 is 0 Å². The fourth-order valence-corrected chi connectivity index (χ4v) is 16.4. The highest BCUT2D eigenvalue weighted by Crippen LogP contribution is 2.45. The number of H-pyrrole nitrogens is 2. The van der Waals surface area contributed by atoms with E-state index in [-0.39, 0.29) is 0 Å². The van der Waals surface area contributed by atoms with Gasteiger partial charge in [-0.2, -0.15) is 0 Å². The van der Waals surface area contributed by atoms with Crippen molar-refractivity contribution in [3.05, 3.63) is 72.8 Å². The van der Waals surface area contributed by atoms with Gasteiger partial charge in [-0.25, -0.2) is 29.9 Å². The van der Waals surface area contributed by atoms with E-state index in [1.807, 2.05) is 47.0 Å². The van der Waals surface area contributed by atoms with Gasteiger partial charge in [-0.1, -0.05) is 256 Å². The standard InChI is InChI=1S/C72H98N8S4/c1-5-9-13-17-21-25-29-33-49-81-57-45-37-41-53-61(57)69-73-65(53)78-70-63-55(43-39-47-59(63)83-51-35-31-27-23-19-15-11-7-3)67(75-70)80-72-64-56(44-40-48-60(64)84-52-36-32-28-24-20-16-12-8-4)68(76-72)79-71-62-54(66(74-71)77-69)42-38-46-58(62)82-50-34-30-26-22-18-14-10-6-2/h37-48H,5-36,49-52H2,1-4H3,(H2,73,74,75,76,77,78,79,80). The molecule has 0 fully saturated rings. The van der Waals surface area contributed by atoms with Gasteiger partial charge >= 0.3 is 0 Å². The lowest BCUT2D eigenvalue weighted by Crippen LogP contribution is -1.88. The molecule has 9 rings (SSSR count). The molecule has 3 aromatic heterocycles. The maximum absolute atomic E-state index is 5.62. The minimum absolute atomic E-state index is 0.671. The number of aromatic nitrogens is 8. The highest BCUT2D eigenvalue weighted by molar-refractivity contribution is 8.00. The number of thioether (sulfide) groups is 4. The number of aromatic amines is 2. The molecule has 0 aliphatic carbocycles. The van der Waals surface area contributed by atoms with Crippen LogP contribution in [-0.2, 0) is 0 Å². The van der Waals surface area contributed by atoms with Crippen LogP contribution in [0.5, 0.6) is 0 Å². The lowest BCUT2D eigenvalue weighted by molar-refractivity contribution is 0.586. The average Bonchev–Trinajstić information content (AvgIpc) is 4.03. The average molecular weight is 1200 g/mol. The summed E-state index contributed by atoms with van der Waals surface area (Å²) in [7, 11) is 0. The van der Waals surface area contributed by atoms with Gasteiger partial charge in [0.25, 0.3) is 0 Å². The normalized spacial score (nSPS) is 12.0. The van der Waals surface area contributed by atoms with Crippen molar-refractivity contribution in [1.29, 1.82) is 0 Å². The van der Waals surface area contributed by atoms with Crippen LogP contribution >= 0.6 is 47.0 Å². The molecule has 0 saturated heterocycles. The molecule has 7 aromatic rings. The van der Waals surface area contributed by atoms with Crippen LogP contribution in [0.25, 0.3) is 89.7 Å². The van der Waals surface area contributed by atoms with Crippen LogP contribution in [0.15, 0.2) is 92.4 Å². The molecule has 84 heavy (non-hydrogen) atoms. The Bertz CT molecular complexity index is 3090. The van der Waals surface area contributed by atoms with Gasteiger partial charge in [-0.15, -0.1) is 47.0 Å². The highest BCUT2D eigenvalue weighted by Gasteiger charge is 2.27.